The van der Waals surface area contributed by atoms with E-state index in [4.69, 9.17) is 0 Å². The Labute approximate surface area is 93.9 Å². The second-order valence-electron chi connectivity index (χ2n) is 2.87. The van der Waals surface area contributed by atoms with Crippen LogP contribution in [0.15, 0.2) is 36.7 Å². The van der Waals surface area contributed by atoms with E-state index in [-0.39, 0.29) is 18.2 Å². The summed E-state index contributed by atoms with van der Waals surface area (Å²) in [5, 5.41) is 9.46. The van der Waals surface area contributed by atoms with Gasteiger partial charge in [0, 0.05) is 18.0 Å². The lowest BCUT2D eigenvalue weighted by Crippen LogP contribution is -1.75. The number of aromatic hydroxyl groups is 1. The van der Waals surface area contributed by atoms with E-state index in [9.17, 15) is 5.11 Å². The molecule has 0 spiro atoms. The van der Waals surface area contributed by atoms with E-state index >= 15 is 0 Å². The van der Waals surface area contributed by atoms with Gasteiger partial charge in [-0.1, -0.05) is 18.2 Å². The number of phenolic OH excluding ortho intramolecular Hbond substituents is 1. The molecule has 4 heteroatoms. The number of imidazole rings is 1. The van der Waals surface area contributed by atoms with E-state index in [0.717, 1.165) is 11.4 Å². The van der Waals surface area contributed by atoms with Gasteiger partial charge in [-0.25, -0.2) is 4.98 Å². The van der Waals surface area contributed by atoms with Crippen LogP contribution < -0.4 is 0 Å². The molecule has 0 bridgehead atoms. The largest absolute Gasteiger partial charge is 0.507 e. The number of hydrogen-bond donors (Lipinski definition) is 2. The van der Waals surface area contributed by atoms with Crippen LogP contribution in [0.25, 0.3) is 12.2 Å². The van der Waals surface area contributed by atoms with Crippen molar-refractivity contribution in [3.05, 3.63) is 48.0 Å². The molecule has 1 heterocycles. The highest BCUT2D eigenvalue weighted by molar-refractivity contribution is 5.85. The maximum atomic E-state index is 9.46. The minimum Gasteiger partial charge on any atom is -0.507 e. The number of aromatic nitrogens is 2. The molecule has 2 aromatic rings. The number of aromatic amines is 1. The van der Waals surface area contributed by atoms with Crippen LogP contribution in [-0.4, -0.2) is 15.1 Å². The third kappa shape index (κ3) is 2.86. The van der Waals surface area contributed by atoms with Crippen LogP contribution in [0, 0.1) is 0 Å². The summed E-state index contributed by atoms with van der Waals surface area (Å²) in [6, 6.07) is 7.16. The molecule has 1 aromatic carbocycles. The number of benzene rings is 1. The van der Waals surface area contributed by atoms with Gasteiger partial charge in [0.1, 0.15) is 11.6 Å². The monoisotopic (exact) mass is 222 g/mol. The van der Waals surface area contributed by atoms with Crippen LogP contribution in [0.2, 0.25) is 0 Å². The summed E-state index contributed by atoms with van der Waals surface area (Å²) in [5.74, 6) is 1.04. The van der Waals surface area contributed by atoms with Crippen LogP contribution in [0.3, 0.4) is 0 Å². The molecule has 3 nitrogen and oxygen atoms in total. The molecule has 2 N–H and O–H groups in total. The van der Waals surface area contributed by atoms with Gasteiger partial charge < -0.3 is 10.1 Å². The quantitative estimate of drug-likeness (QED) is 0.821. The number of rotatable bonds is 2. The van der Waals surface area contributed by atoms with Gasteiger partial charge in [0.15, 0.2) is 0 Å². The lowest BCUT2D eigenvalue weighted by molar-refractivity contribution is 0.474. The average molecular weight is 223 g/mol. The molecule has 0 aliphatic heterocycles. The highest BCUT2D eigenvalue weighted by atomic mass is 35.5. The minimum atomic E-state index is 0. The fraction of sp³-hybridized carbons (Fsp3) is 0. The number of nitrogens with zero attached hydrogens (tertiary/aromatic N) is 1. The maximum absolute atomic E-state index is 9.46. The molecule has 0 aliphatic rings. The van der Waals surface area contributed by atoms with Gasteiger partial charge in [0.25, 0.3) is 0 Å². The molecule has 0 unspecified atom stereocenters. The molecular formula is C11H11ClN2O. The van der Waals surface area contributed by atoms with Crippen LogP contribution >= 0.6 is 12.4 Å². The van der Waals surface area contributed by atoms with Crippen molar-refractivity contribution in [3.63, 3.8) is 0 Å². The molecule has 0 aliphatic carbocycles. The maximum Gasteiger partial charge on any atom is 0.129 e. The summed E-state index contributed by atoms with van der Waals surface area (Å²) in [5.41, 5.74) is 0.781. The summed E-state index contributed by atoms with van der Waals surface area (Å²) in [7, 11) is 0. The van der Waals surface area contributed by atoms with Crippen LogP contribution in [0.1, 0.15) is 11.4 Å². The van der Waals surface area contributed by atoms with E-state index in [2.05, 4.69) is 9.97 Å². The standard InChI is InChI=1S/C11H10N2O.ClH/c14-10-4-2-1-3-9(10)5-6-11-12-7-8-13-11;/h1-8,14H,(H,12,13);1H/b6-5+;. The Balaban J connectivity index is 0.00000112. The Bertz CT molecular complexity index is 438. The molecule has 2 rings (SSSR count). The van der Waals surface area contributed by atoms with Gasteiger partial charge in [0.2, 0.25) is 0 Å². The van der Waals surface area contributed by atoms with Crippen molar-refractivity contribution in [2.75, 3.05) is 0 Å². The Morgan fingerprint density at radius 3 is 2.67 bits per heavy atom. The van der Waals surface area contributed by atoms with Crippen molar-refractivity contribution in [2.45, 2.75) is 0 Å². The highest BCUT2D eigenvalue weighted by Crippen LogP contribution is 2.17. The molecule has 0 radical (unpaired) electrons. The fourth-order valence-electron chi connectivity index (χ4n) is 1.17. The number of nitrogens with one attached hydrogen (secondary N) is 1. The van der Waals surface area contributed by atoms with E-state index < -0.39 is 0 Å². The van der Waals surface area contributed by atoms with E-state index in [1.807, 2.05) is 24.3 Å². The van der Waals surface area contributed by atoms with Crippen LogP contribution in [0.5, 0.6) is 5.75 Å². The Hall–Kier alpha value is -1.74. The zero-order valence-electron chi connectivity index (χ0n) is 7.92. The van der Waals surface area contributed by atoms with Gasteiger partial charge in [0.05, 0.1) is 0 Å². The normalized spacial score (nSPS) is 10.1. The van der Waals surface area contributed by atoms with Gasteiger partial charge in [-0.2, -0.15) is 0 Å². The van der Waals surface area contributed by atoms with Crippen molar-refractivity contribution < 1.29 is 5.11 Å². The highest BCUT2D eigenvalue weighted by Gasteiger charge is 1.93. The number of hydrogen-bond acceptors (Lipinski definition) is 2. The number of para-hydroxylation sites is 1. The van der Waals surface area contributed by atoms with Gasteiger partial charge in [-0.3, -0.25) is 0 Å². The predicted octanol–water partition coefficient (Wildman–Crippen LogP) is 2.71. The second-order valence-corrected chi connectivity index (χ2v) is 2.87. The minimum absolute atomic E-state index is 0. The number of halogens is 1. The molecule has 0 fully saturated rings. The zero-order chi connectivity index (χ0) is 9.80. The lowest BCUT2D eigenvalue weighted by Gasteiger charge is -1.95. The molecule has 1 aromatic heterocycles. The molecule has 0 saturated heterocycles. The molecule has 0 atom stereocenters. The topological polar surface area (TPSA) is 48.9 Å². The predicted molar refractivity (Wildman–Crippen MR) is 62.9 cm³/mol. The van der Waals surface area contributed by atoms with Gasteiger partial charge in [-0.05, 0) is 18.2 Å². The Kier molecular flexibility index (Phi) is 3.94. The van der Waals surface area contributed by atoms with Crippen molar-refractivity contribution in [1.82, 2.24) is 9.97 Å². The zero-order valence-corrected chi connectivity index (χ0v) is 8.74. The first kappa shape index (κ1) is 11.3. The third-order valence-electron chi connectivity index (χ3n) is 1.88. The smallest absolute Gasteiger partial charge is 0.129 e. The number of H-pyrrole nitrogens is 1. The van der Waals surface area contributed by atoms with Crippen LogP contribution in [-0.2, 0) is 0 Å². The first-order valence-corrected chi connectivity index (χ1v) is 4.32. The first-order chi connectivity index (χ1) is 6.86. The van der Waals surface area contributed by atoms with E-state index in [1.54, 1.807) is 24.5 Å². The summed E-state index contributed by atoms with van der Waals surface area (Å²) < 4.78 is 0. The second kappa shape index (κ2) is 5.22. The molecule has 15 heavy (non-hydrogen) atoms. The summed E-state index contributed by atoms with van der Waals surface area (Å²) >= 11 is 0. The Morgan fingerprint density at radius 2 is 2.00 bits per heavy atom. The average Bonchev–Trinajstić information content (AvgIpc) is 2.69. The van der Waals surface area contributed by atoms with E-state index in [0.29, 0.717) is 0 Å². The SMILES string of the molecule is Cl.Oc1ccccc1/C=C/c1ncc[nH]1. The number of phenols is 1. The van der Waals surface area contributed by atoms with Crippen molar-refractivity contribution in [1.29, 1.82) is 0 Å². The molecule has 0 amide bonds. The lowest BCUT2D eigenvalue weighted by atomic mass is 10.2. The van der Waals surface area contributed by atoms with Crippen molar-refractivity contribution in [2.24, 2.45) is 0 Å². The summed E-state index contributed by atoms with van der Waals surface area (Å²) in [6.07, 6.45) is 7.07. The first-order valence-electron chi connectivity index (χ1n) is 4.32. The van der Waals surface area contributed by atoms with Gasteiger partial charge >= 0.3 is 0 Å². The third-order valence-corrected chi connectivity index (χ3v) is 1.88. The summed E-state index contributed by atoms with van der Waals surface area (Å²) in [4.78, 5) is 6.98. The van der Waals surface area contributed by atoms with Crippen molar-refractivity contribution >= 4 is 24.6 Å². The van der Waals surface area contributed by atoms with E-state index in [1.165, 1.54) is 0 Å². The summed E-state index contributed by atoms with van der Waals surface area (Å²) in [6.45, 7) is 0. The molecular weight excluding hydrogens is 212 g/mol. The van der Waals surface area contributed by atoms with Gasteiger partial charge in [-0.15, -0.1) is 12.4 Å². The fourth-order valence-corrected chi connectivity index (χ4v) is 1.17. The van der Waals surface area contributed by atoms with Crippen molar-refractivity contribution in [3.8, 4) is 5.75 Å². The van der Waals surface area contributed by atoms with Crippen LogP contribution in [0.4, 0.5) is 0 Å². The Morgan fingerprint density at radius 1 is 1.20 bits per heavy atom. The molecule has 78 valence electrons. The molecule has 0 saturated carbocycles.